The molecule has 4 rings (SSSR count). The molecule has 0 aromatic heterocycles. The molecule has 1 heterocycles. The molecular weight excluding hydrogens is 452 g/mol. The number of anilines is 1. The van der Waals surface area contributed by atoms with Gasteiger partial charge in [0, 0.05) is 17.8 Å². The number of nitrogens with zero attached hydrogens (tertiary/aromatic N) is 1. The summed E-state index contributed by atoms with van der Waals surface area (Å²) < 4.78 is 16.1. The number of para-hydroxylation sites is 2. The number of carbonyl (C=O) groups is 3. The molecule has 0 radical (unpaired) electrons. The van der Waals surface area contributed by atoms with E-state index in [-0.39, 0.29) is 25.9 Å². The summed E-state index contributed by atoms with van der Waals surface area (Å²) in [4.78, 5) is 36.2. The van der Waals surface area contributed by atoms with E-state index in [9.17, 15) is 14.4 Å². The molecule has 0 unspecified atom stereocenters. The quantitative estimate of drug-likeness (QED) is 0.261. The second-order valence-electron chi connectivity index (χ2n) is 7.31. The van der Waals surface area contributed by atoms with Gasteiger partial charge in [-0.2, -0.15) is 5.10 Å². The number of benzene rings is 3. The maximum Gasteiger partial charge on any atom is 0.329 e. The van der Waals surface area contributed by atoms with Crippen LogP contribution < -0.4 is 30.3 Å². The lowest BCUT2D eigenvalue weighted by molar-refractivity contribution is -0.139. The first-order valence-corrected chi connectivity index (χ1v) is 10.6. The van der Waals surface area contributed by atoms with Crippen molar-refractivity contribution in [1.82, 2.24) is 10.7 Å². The van der Waals surface area contributed by atoms with E-state index in [2.05, 4.69) is 21.2 Å². The zero-order valence-corrected chi connectivity index (χ0v) is 18.5. The predicted octanol–water partition coefficient (Wildman–Crippen LogP) is 2.20. The maximum atomic E-state index is 12.1. The number of hydrogen-bond donors (Lipinski definition) is 3. The Bertz CT molecular complexity index is 1250. The Balaban J connectivity index is 1.25. The Kier molecular flexibility index (Phi) is 7.54. The highest BCUT2D eigenvalue weighted by Gasteiger charge is 2.15. The van der Waals surface area contributed by atoms with E-state index < -0.39 is 11.8 Å². The Morgan fingerprint density at radius 1 is 0.914 bits per heavy atom. The average Bonchev–Trinajstić information content (AvgIpc) is 3.35. The van der Waals surface area contributed by atoms with Gasteiger partial charge in [-0.25, -0.2) is 5.43 Å². The predicted molar refractivity (Wildman–Crippen MR) is 127 cm³/mol. The fourth-order valence-corrected chi connectivity index (χ4v) is 3.11. The van der Waals surface area contributed by atoms with E-state index in [1.165, 1.54) is 6.21 Å². The second kappa shape index (κ2) is 11.3. The van der Waals surface area contributed by atoms with Gasteiger partial charge < -0.3 is 24.8 Å². The lowest BCUT2D eigenvalue weighted by Crippen LogP contribution is -2.37. The standard InChI is InChI=1S/C25H22N4O6/c30-23(28-19-7-2-1-3-8-19)15-33-20-9-5-4-6-18(20)14-27-29-25(32)24(31)26-13-17-10-11-21-22(12-17)35-16-34-21/h1-12,14H,13,15-16H2,(H,26,31)(H,28,30)(H,29,32). The van der Waals surface area contributed by atoms with Gasteiger partial charge in [-0.05, 0) is 42.0 Å². The normalized spacial score (nSPS) is 11.7. The maximum absolute atomic E-state index is 12.1. The zero-order valence-electron chi connectivity index (χ0n) is 18.5. The van der Waals surface area contributed by atoms with Crippen LogP contribution >= 0.6 is 0 Å². The first-order chi connectivity index (χ1) is 17.1. The van der Waals surface area contributed by atoms with Gasteiger partial charge in [-0.1, -0.05) is 36.4 Å². The van der Waals surface area contributed by atoms with Crippen LogP contribution in [0.1, 0.15) is 11.1 Å². The summed E-state index contributed by atoms with van der Waals surface area (Å²) in [6, 6.07) is 21.1. The molecular formula is C25H22N4O6. The third-order valence-corrected chi connectivity index (χ3v) is 4.80. The van der Waals surface area contributed by atoms with Crippen LogP contribution in [0.2, 0.25) is 0 Å². The van der Waals surface area contributed by atoms with Crippen LogP contribution in [0.3, 0.4) is 0 Å². The van der Waals surface area contributed by atoms with Crippen LogP contribution in [-0.4, -0.2) is 37.3 Å². The summed E-state index contributed by atoms with van der Waals surface area (Å²) in [5, 5.41) is 9.06. The van der Waals surface area contributed by atoms with Gasteiger partial charge in [0.05, 0.1) is 6.21 Å². The Hall–Kier alpha value is -4.86. The molecule has 3 aromatic rings. The summed E-state index contributed by atoms with van der Waals surface area (Å²) in [7, 11) is 0. The van der Waals surface area contributed by atoms with Gasteiger partial charge in [0.25, 0.3) is 5.91 Å². The molecule has 0 fully saturated rings. The van der Waals surface area contributed by atoms with Crippen LogP contribution in [0, 0.1) is 0 Å². The van der Waals surface area contributed by atoms with Gasteiger partial charge in [0.2, 0.25) is 6.79 Å². The summed E-state index contributed by atoms with van der Waals surface area (Å²) in [5.74, 6) is -0.488. The second-order valence-corrected chi connectivity index (χ2v) is 7.31. The minimum Gasteiger partial charge on any atom is -0.483 e. The van der Waals surface area contributed by atoms with Crippen molar-refractivity contribution >= 4 is 29.6 Å². The molecule has 10 heteroatoms. The van der Waals surface area contributed by atoms with Crippen molar-refractivity contribution in [2.75, 3.05) is 18.7 Å². The van der Waals surface area contributed by atoms with E-state index in [1.54, 1.807) is 54.6 Å². The molecule has 0 atom stereocenters. The van der Waals surface area contributed by atoms with Gasteiger partial charge in [-0.15, -0.1) is 0 Å². The molecule has 0 saturated heterocycles. The highest BCUT2D eigenvalue weighted by molar-refractivity contribution is 6.35. The summed E-state index contributed by atoms with van der Waals surface area (Å²) in [6.45, 7) is 0.0727. The molecule has 35 heavy (non-hydrogen) atoms. The number of amides is 3. The molecule has 0 aliphatic carbocycles. The minimum absolute atomic E-state index is 0.133. The van der Waals surface area contributed by atoms with Crippen molar-refractivity contribution in [1.29, 1.82) is 0 Å². The highest BCUT2D eigenvalue weighted by atomic mass is 16.7. The highest BCUT2D eigenvalue weighted by Crippen LogP contribution is 2.32. The van der Waals surface area contributed by atoms with Crippen molar-refractivity contribution < 1.29 is 28.6 Å². The fourth-order valence-electron chi connectivity index (χ4n) is 3.11. The molecule has 0 bridgehead atoms. The Labute approximate surface area is 200 Å². The van der Waals surface area contributed by atoms with Crippen molar-refractivity contribution in [2.45, 2.75) is 6.54 Å². The van der Waals surface area contributed by atoms with Gasteiger partial charge in [0.1, 0.15) is 5.75 Å². The minimum atomic E-state index is -0.928. The van der Waals surface area contributed by atoms with Gasteiger partial charge in [-0.3, -0.25) is 14.4 Å². The van der Waals surface area contributed by atoms with Crippen molar-refractivity contribution in [2.24, 2.45) is 5.10 Å². The number of carbonyl (C=O) groups excluding carboxylic acids is 3. The Morgan fingerprint density at radius 3 is 2.54 bits per heavy atom. The van der Waals surface area contributed by atoms with E-state index in [4.69, 9.17) is 14.2 Å². The van der Waals surface area contributed by atoms with Crippen molar-refractivity contribution in [3.63, 3.8) is 0 Å². The fraction of sp³-hybridized carbons (Fsp3) is 0.120. The van der Waals surface area contributed by atoms with Crippen molar-refractivity contribution in [3.05, 3.63) is 83.9 Å². The Morgan fingerprint density at radius 2 is 1.69 bits per heavy atom. The van der Waals surface area contributed by atoms with Gasteiger partial charge >= 0.3 is 11.8 Å². The van der Waals surface area contributed by atoms with E-state index in [1.807, 2.05) is 18.2 Å². The zero-order chi connectivity index (χ0) is 24.5. The summed E-state index contributed by atoms with van der Waals surface area (Å²) in [5.41, 5.74) is 4.10. The number of hydrogen-bond acceptors (Lipinski definition) is 7. The third-order valence-electron chi connectivity index (χ3n) is 4.80. The van der Waals surface area contributed by atoms with E-state index >= 15 is 0 Å². The van der Waals surface area contributed by atoms with Crippen LogP contribution in [0.4, 0.5) is 5.69 Å². The molecule has 3 N–H and O–H groups in total. The summed E-state index contributed by atoms with van der Waals surface area (Å²) in [6.07, 6.45) is 1.33. The van der Waals surface area contributed by atoms with Crippen LogP contribution in [0.5, 0.6) is 17.2 Å². The molecule has 3 aromatic carbocycles. The van der Waals surface area contributed by atoms with Crippen molar-refractivity contribution in [3.8, 4) is 17.2 Å². The van der Waals surface area contributed by atoms with Crippen LogP contribution in [-0.2, 0) is 20.9 Å². The lowest BCUT2D eigenvalue weighted by Gasteiger charge is -2.09. The number of hydrazone groups is 1. The third kappa shape index (κ3) is 6.57. The lowest BCUT2D eigenvalue weighted by atomic mass is 10.2. The topological polar surface area (TPSA) is 127 Å². The number of rotatable bonds is 8. The van der Waals surface area contributed by atoms with Gasteiger partial charge in [0.15, 0.2) is 18.1 Å². The number of fused-ring (bicyclic) bond motifs is 1. The molecule has 0 spiro atoms. The number of nitrogens with one attached hydrogen (secondary N) is 3. The molecule has 10 nitrogen and oxygen atoms in total. The van der Waals surface area contributed by atoms with Crippen LogP contribution in [0.25, 0.3) is 0 Å². The van der Waals surface area contributed by atoms with E-state index in [0.717, 1.165) is 5.56 Å². The van der Waals surface area contributed by atoms with Crippen LogP contribution in [0.15, 0.2) is 77.9 Å². The SMILES string of the molecule is O=C(COc1ccccc1C=NNC(=O)C(=O)NCc1ccc2c(c1)OCO2)Nc1ccccc1. The molecule has 0 saturated carbocycles. The monoisotopic (exact) mass is 474 g/mol. The first kappa shape index (κ1) is 23.3. The number of ether oxygens (including phenoxy) is 3. The summed E-state index contributed by atoms with van der Waals surface area (Å²) >= 11 is 0. The molecule has 1 aliphatic rings. The smallest absolute Gasteiger partial charge is 0.329 e. The molecule has 178 valence electrons. The first-order valence-electron chi connectivity index (χ1n) is 10.6. The van der Waals surface area contributed by atoms with E-state index in [0.29, 0.717) is 28.5 Å². The molecule has 3 amide bonds. The average molecular weight is 474 g/mol. The molecule has 1 aliphatic heterocycles. The largest absolute Gasteiger partial charge is 0.483 e.